The number of hydrogen-bond donors (Lipinski definition) is 1. The highest BCUT2D eigenvalue weighted by Gasteiger charge is 2.16. The molecule has 0 bridgehead atoms. The number of imidazole rings is 1. The van der Waals surface area contributed by atoms with E-state index in [1.54, 1.807) is 12.4 Å². The van der Waals surface area contributed by atoms with E-state index in [1.165, 1.54) is 11.3 Å². The molecule has 7 heteroatoms. The minimum Gasteiger partial charge on any atom is -0.491 e. The quantitative estimate of drug-likeness (QED) is 0.773. The smallest absolute Gasteiger partial charge is 0.267 e. The lowest BCUT2D eigenvalue weighted by molar-refractivity contribution is 0.0680. The first-order valence-electron chi connectivity index (χ1n) is 7.86. The molecule has 0 aliphatic carbocycles. The number of ether oxygens (including phenoxy) is 2. The van der Waals surface area contributed by atoms with Gasteiger partial charge in [-0.3, -0.25) is 9.20 Å². The van der Waals surface area contributed by atoms with E-state index in [0.29, 0.717) is 17.2 Å². The van der Waals surface area contributed by atoms with Crippen molar-refractivity contribution in [3.8, 4) is 5.75 Å². The Bertz CT molecular complexity index is 823. The SMILES string of the molecule is O=C(Nc1cccc(OCC2CCCO2)c1)c1cn2ccnc2s1. The van der Waals surface area contributed by atoms with Gasteiger partial charge in [0.25, 0.3) is 5.91 Å². The van der Waals surface area contributed by atoms with Gasteiger partial charge in [0.1, 0.15) is 17.2 Å². The maximum absolute atomic E-state index is 12.4. The Balaban J connectivity index is 1.41. The molecule has 1 aliphatic heterocycles. The minimum atomic E-state index is -0.151. The van der Waals surface area contributed by atoms with Crippen molar-refractivity contribution < 1.29 is 14.3 Å². The number of benzene rings is 1. The van der Waals surface area contributed by atoms with Gasteiger partial charge in [-0.15, -0.1) is 0 Å². The van der Waals surface area contributed by atoms with Gasteiger partial charge in [-0.05, 0) is 25.0 Å². The second-order valence-electron chi connectivity index (χ2n) is 5.64. The maximum Gasteiger partial charge on any atom is 0.267 e. The highest BCUT2D eigenvalue weighted by atomic mass is 32.1. The van der Waals surface area contributed by atoms with E-state index in [2.05, 4.69) is 10.3 Å². The molecule has 1 saturated heterocycles. The molecule has 1 aromatic carbocycles. The molecule has 1 unspecified atom stereocenters. The van der Waals surface area contributed by atoms with Crippen LogP contribution in [0.2, 0.25) is 0 Å². The Morgan fingerprint density at radius 1 is 1.50 bits per heavy atom. The average Bonchev–Trinajstić information content (AvgIpc) is 3.30. The van der Waals surface area contributed by atoms with Crippen LogP contribution in [0.3, 0.4) is 0 Å². The molecule has 1 fully saturated rings. The molecule has 124 valence electrons. The lowest BCUT2D eigenvalue weighted by Gasteiger charge is -2.12. The van der Waals surface area contributed by atoms with Gasteiger partial charge in [-0.2, -0.15) is 0 Å². The van der Waals surface area contributed by atoms with Crippen LogP contribution in [0.5, 0.6) is 5.75 Å². The second kappa shape index (κ2) is 6.62. The number of carbonyl (C=O) groups excluding carboxylic acids is 1. The zero-order valence-corrected chi connectivity index (χ0v) is 13.8. The number of anilines is 1. The van der Waals surface area contributed by atoms with Crippen molar-refractivity contribution in [1.29, 1.82) is 0 Å². The Morgan fingerprint density at radius 3 is 3.29 bits per heavy atom. The van der Waals surface area contributed by atoms with Crippen molar-refractivity contribution in [2.75, 3.05) is 18.5 Å². The number of thiazole rings is 1. The summed E-state index contributed by atoms with van der Waals surface area (Å²) in [5.41, 5.74) is 0.705. The van der Waals surface area contributed by atoms with Crippen LogP contribution in [-0.2, 0) is 4.74 Å². The number of rotatable bonds is 5. The van der Waals surface area contributed by atoms with Crippen LogP contribution in [0.1, 0.15) is 22.5 Å². The van der Waals surface area contributed by atoms with E-state index < -0.39 is 0 Å². The summed E-state index contributed by atoms with van der Waals surface area (Å²) >= 11 is 1.35. The molecule has 2 aromatic heterocycles. The molecule has 1 amide bonds. The van der Waals surface area contributed by atoms with E-state index in [9.17, 15) is 4.79 Å². The molecular formula is C17H17N3O3S. The molecule has 1 atom stereocenters. The van der Waals surface area contributed by atoms with Crippen LogP contribution in [0.4, 0.5) is 5.69 Å². The average molecular weight is 343 g/mol. The maximum atomic E-state index is 12.4. The van der Waals surface area contributed by atoms with Crippen LogP contribution in [0, 0.1) is 0 Å². The van der Waals surface area contributed by atoms with Gasteiger partial charge in [0.05, 0.1) is 6.10 Å². The van der Waals surface area contributed by atoms with Crippen molar-refractivity contribution in [2.45, 2.75) is 18.9 Å². The van der Waals surface area contributed by atoms with Gasteiger partial charge in [0.2, 0.25) is 0 Å². The van der Waals surface area contributed by atoms with Gasteiger partial charge >= 0.3 is 0 Å². The number of amides is 1. The molecule has 0 spiro atoms. The monoisotopic (exact) mass is 343 g/mol. The second-order valence-corrected chi connectivity index (χ2v) is 6.65. The largest absolute Gasteiger partial charge is 0.491 e. The number of fused-ring (bicyclic) bond motifs is 1. The van der Waals surface area contributed by atoms with Crippen LogP contribution in [0.15, 0.2) is 42.9 Å². The minimum absolute atomic E-state index is 0.151. The van der Waals surface area contributed by atoms with Gasteiger partial charge < -0.3 is 14.8 Å². The Morgan fingerprint density at radius 2 is 2.46 bits per heavy atom. The molecule has 0 saturated carbocycles. The van der Waals surface area contributed by atoms with Gasteiger partial charge in [0.15, 0.2) is 4.96 Å². The fourth-order valence-corrected chi connectivity index (χ4v) is 3.49. The lowest BCUT2D eigenvalue weighted by atomic mass is 10.2. The zero-order chi connectivity index (χ0) is 16.4. The fourth-order valence-electron chi connectivity index (χ4n) is 2.65. The number of nitrogens with zero attached hydrogens (tertiary/aromatic N) is 2. The molecule has 24 heavy (non-hydrogen) atoms. The third-order valence-electron chi connectivity index (χ3n) is 3.87. The number of aromatic nitrogens is 2. The summed E-state index contributed by atoms with van der Waals surface area (Å²) in [4.78, 5) is 17.9. The van der Waals surface area contributed by atoms with Crippen molar-refractivity contribution in [3.05, 3.63) is 47.7 Å². The van der Waals surface area contributed by atoms with Gasteiger partial charge in [-0.1, -0.05) is 17.4 Å². The molecule has 3 heterocycles. The highest BCUT2D eigenvalue weighted by Crippen LogP contribution is 2.22. The molecule has 1 N–H and O–H groups in total. The predicted molar refractivity (Wildman–Crippen MR) is 91.9 cm³/mol. The van der Waals surface area contributed by atoms with Gasteiger partial charge in [-0.25, -0.2) is 4.98 Å². The van der Waals surface area contributed by atoms with Crippen molar-refractivity contribution in [2.24, 2.45) is 0 Å². The zero-order valence-electron chi connectivity index (χ0n) is 13.0. The highest BCUT2D eigenvalue weighted by molar-refractivity contribution is 7.18. The van der Waals surface area contributed by atoms with Crippen molar-refractivity contribution in [3.63, 3.8) is 0 Å². The van der Waals surface area contributed by atoms with E-state index in [1.807, 2.05) is 34.9 Å². The first kappa shape index (κ1) is 15.2. The van der Waals surface area contributed by atoms with E-state index in [4.69, 9.17) is 9.47 Å². The molecule has 4 rings (SSSR count). The van der Waals surface area contributed by atoms with E-state index in [0.717, 1.165) is 30.2 Å². The third kappa shape index (κ3) is 3.27. The Kier molecular flexibility index (Phi) is 4.18. The summed E-state index contributed by atoms with van der Waals surface area (Å²) in [7, 11) is 0. The molecular weight excluding hydrogens is 326 g/mol. The fraction of sp³-hybridized carbons (Fsp3) is 0.294. The standard InChI is InChI=1S/C17H17N3O3S/c21-16(15-10-20-7-6-18-17(20)24-15)19-12-3-1-4-13(9-12)23-11-14-5-2-8-22-14/h1,3-4,6-7,9-10,14H,2,5,8,11H2,(H,19,21). The third-order valence-corrected chi connectivity index (χ3v) is 4.88. The van der Waals surface area contributed by atoms with Crippen LogP contribution in [-0.4, -0.2) is 34.6 Å². The summed E-state index contributed by atoms with van der Waals surface area (Å²) in [6, 6.07) is 7.41. The summed E-state index contributed by atoms with van der Waals surface area (Å²) in [6.07, 6.45) is 7.61. The number of hydrogen-bond acceptors (Lipinski definition) is 5. The summed E-state index contributed by atoms with van der Waals surface area (Å²) in [5, 5.41) is 2.90. The van der Waals surface area contributed by atoms with Crippen molar-refractivity contribution >= 4 is 27.9 Å². The van der Waals surface area contributed by atoms with Crippen LogP contribution in [0.25, 0.3) is 4.96 Å². The first-order valence-corrected chi connectivity index (χ1v) is 8.68. The normalized spacial score (nSPS) is 17.2. The summed E-state index contributed by atoms with van der Waals surface area (Å²) in [5.74, 6) is 0.575. The Labute approximate surface area is 143 Å². The summed E-state index contributed by atoms with van der Waals surface area (Å²) < 4.78 is 13.1. The number of nitrogens with one attached hydrogen (secondary N) is 1. The predicted octanol–water partition coefficient (Wildman–Crippen LogP) is 3.21. The first-order chi connectivity index (χ1) is 11.8. The van der Waals surface area contributed by atoms with Crippen molar-refractivity contribution in [1.82, 2.24) is 9.38 Å². The summed E-state index contributed by atoms with van der Waals surface area (Å²) in [6.45, 7) is 1.36. The van der Waals surface area contributed by atoms with E-state index in [-0.39, 0.29) is 12.0 Å². The molecule has 1 aliphatic rings. The number of carbonyl (C=O) groups is 1. The van der Waals surface area contributed by atoms with Crippen LogP contribution < -0.4 is 10.1 Å². The van der Waals surface area contributed by atoms with Gasteiger partial charge in [0, 0.05) is 37.0 Å². The molecule has 6 nitrogen and oxygen atoms in total. The molecule has 3 aromatic rings. The topological polar surface area (TPSA) is 64.9 Å². The molecule has 0 radical (unpaired) electrons. The van der Waals surface area contributed by atoms with E-state index >= 15 is 0 Å². The van der Waals surface area contributed by atoms with Crippen LogP contribution >= 0.6 is 11.3 Å². The lowest BCUT2D eigenvalue weighted by Crippen LogP contribution is -2.16. The Hall–Kier alpha value is -2.38.